The molecule has 0 aromatic carbocycles. The largest absolute Gasteiger partial charge is 0.397 e. The second-order valence-corrected chi connectivity index (χ2v) is 3.20. The third-order valence-electron chi connectivity index (χ3n) is 2.02. The van der Waals surface area contributed by atoms with E-state index in [1.807, 2.05) is 0 Å². The van der Waals surface area contributed by atoms with E-state index in [2.05, 4.69) is 20.2 Å². The standard InChI is InChI=1S/C10H9N5O2/c11-6-3-5-13-10(17)8(6)15-14-7-2-1-4-12-9(7)16/h1-5H,(H,12,16)(H3,11,13,17). The molecule has 0 unspecified atom stereocenters. The lowest BCUT2D eigenvalue weighted by Crippen LogP contribution is -2.06. The van der Waals surface area contributed by atoms with Crippen molar-refractivity contribution in [3.8, 4) is 0 Å². The van der Waals surface area contributed by atoms with Crippen molar-refractivity contribution in [1.82, 2.24) is 9.97 Å². The maximum atomic E-state index is 11.4. The molecule has 0 aliphatic heterocycles. The first-order valence-corrected chi connectivity index (χ1v) is 4.75. The lowest BCUT2D eigenvalue weighted by Gasteiger charge is -1.95. The van der Waals surface area contributed by atoms with Gasteiger partial charge in [0.15, 0.2) is 11.4 Å². The van der Waals surface area contributed by atoms with Crippen molar-refractivity contribution in [2.75, 3.05) is 5.73 Å². The van der Waals surface area contributed by atoms with Crippen LogP contribution in [0.3, 0.4) is 0 Å². The Bertz CT molecular complexity index is 671. The first-order chi connectivity index (χ1) is 8.18. The monoisotopic (exact) mass is 231 g/mol. The molecule has 0 atom stereocenters. The van der Waals surface area contributed by atoms with E-state index in [1.54, 1.807) is 6.07 Å². The summed E-state index contributed by atoms with van der Waals surface area (Å²) >= 11 is 0. The van der Waals surface area contributed by atoms with Gasteiger partial charge in [0.2, 0.25) is 0 Å². The quantitative estimate of drug-likeness (QED) is 0.671. The van der Waals surface area contributed by atoms with Crippen LogP contribution in [0, 0.1) is 0 Å². The van der Waals surface area contributed by atoms with E-state index in [9.17, 15) is 9.59 Å². The van der Waals surface area contributed by atoms with Gasteiger partial charge in [-0.25, -0.2) is 0 Å². The molecule has 17 heavy (non-hydrogen) atoms. The van der Waals surface area contributed by atoms with Crippen LogP contribution in [0.15, 0.2) is 50.4 Å². The molecule has 0 saturated carbocycles. The second-order valence-electron chi connectivity index (χ2n) is 3.20. The number of anilines is 1. The summed E-state index contributed by atoms with van der Waals surface area (Å²) in [5.41, 5.74) is 5.01. The molecule has 2 rings (SSSR count). The van der Waals surface area contributed by atoms with Crippen LogP contribution >= 0.6 is 0 Å². The topological polar surface area (TPSA) is 116 Å². The summed E-state index contributed by atoms with van der Waals surface area (Å²) in [6.45, 7) is 0. The predicted molar refractivity (Wildman–Crippen MR) is 62.7 cm³/mol. The Morgan fingerprint density at radius 2 is 1.76 bits per heavy atom. The fourth-order valence-electron chi connectivity index (χ4n) is 1.18. The highest BCUT2D eigenvalue weighted by atomic mass is 16.1. The highest BCUT2D eigenvalue weighted by Crippen LogP contribution is 2.17. The second kappa shape index (κ2) is 4.44. The number of hydrogen-bond acceptors (Lipinski definition) is 5. The third-order valence-corrected chi connectivity index (χ3v) is 2.02. The predicted octanol–water partition coefficient (Wildman–Crippen LogP) is 1.06. The Morgan fingerprint density at radius 1 is 1.00 bits per heavy atom. The zero-order valence-electron chi connectivity index (χ0n) is 8.68. The minimum Gasteiger partial charge on any atom is -0.397 e. The van der Waals surface area contributed by atoms with E-state index in [1.165, 1.54) is 24.5 Å². The number of rotatable bonds is 2. The Morgan fingerprint density at radius 3 is 2.47 bits per heavy atom. The van der Waals surface area contributed by atoms with Crippen molar-refractivity contribution in [1.29, 1.82) is 0 Å². The summed E-state index contributed by atoms with van der Waals surface area (Å²) in [6.07, 6.45) is 2.89. The van der Waals surface area contributed by atoms with Crippen LogP contribution in [0.2, 0.25) is 0 Å². The van der Waals surface area contributed by atoms with E-state index < -0.39 is 5.56 Å². The molecule has 7 heteroatoms. The molecule has 2 aromatic rings. The lowest BCUT2D eigenvalue weighted by atomic mass is 10.3. The Balaban J connectivity index is 2.43. The molecular formula is C10H9N5O2. The zero-order valence-corrected chi connectivity index (χ0v) is 8.68. The molecule has 0 amide bonds. The summed E-state index contributed by atoms with van der Waals surface area (Å²) in [5.74, 6) is 0. The first kappa shape index (κ1) is 10.8. The number of pyridine rings is 2. The van der Waals surface area contributed by atoms with Gasteiger partial charge in [-0.15, -0.1) is 10.2 Å². The minimum atomic E-state index is -0.457. The molecule has 0 fully saturated rings. The van der Waals surface area contributed by atoms with Crippen molar-refractivity contribution in [3.05, 3.63) is 51.3 Å². The maximum absolute atomic E-state index is 11.4. The van der Waals surface area contributed by atoms with Gasteiger partial charge >= 0.3 is 0 Å². The molecular weight excluding hydrogens is 222 g/mol. The summed E-state index contributed by atoms with van der Waals surface area (Å²) in [5, 5.41) is 7.35. The van der Waals surface area contributed by atoms with Gasteiger partial charge in [0, 0.05) is 12.4 Å². The number of hydrogen-bond donors (Lipinski definition) is 3. The average Bonchev–Trinajstić information content (AvgIpc) is 2.30. The first-order valence-electron chi connectivity index (χ1n) is 4.75. The molecule has 0 bridgehead atoms. The van der Waals surface area contributed by atoms with Gasteiger partial charge in [0.25, 0.3) is 11.1 Å². The number of nitrogens with two attached hydrogens (primary N) is 1. The molecule has 7 nitrogen and oxygen atoms in total. The van der Waals surface area contributed by atoms with E-state index in [0.717, 1.165) is 0 Å². The molecule has 2 aromatic heterocycles. The van der Waals surface area contributed by atoms with Gasteiger partial charge in [-0.1, -0.05) is 0 Å². The molecule has 0 aliphatic carbocycles. The van der Waals surface area contributed by atoms with Crippen molar-refractivity contribution in [3.63, 3.8) is 0 Å². The van der Waals surface area contributed by atoms with E-state index >= 15 is 0 Å². The van der Waals surface area contributed by atoms with Crippen LogP contribution in [-0.4, -0.2) is 9.97 Å². The Kier molecular flexibility index (Phi) is 2.82. The number of H-pyrrole nitrogens is 2. The normalized spacial score (nSPS) is 10.8. The summed E-state index contributed by atoms with van der Waals surface area (Å²) in [7, 11) is 0. The van der Waals surface area contributed by atoms with Gasteiger partial charge in [0.1, 0.15) is 0 Å². The lowest BCUT2D eigenvalue weighted by molar-refractivity contribution is 1.13. The van der Waals surface area contributed by atoms with Crippen LogP contribution in [0.1, 0.15) is 0 Å². The Labute approximate surface area is 95.0 Å². The van der Waals surface area contributed by atoms with Crippen molar-refractivity contribution < 1.29 is 0 Å². The van der Waals surface area contributed by atoms with Crippen LogP contribution in [0.25, 0.3) is 0 Å². The fourth-order valence-corrected chi connectivity index (χ4v) is 1.18. The van der Waals surface area contributed by atoms with Gasteiger partial charge in [-0.2, -0.15) is 0 Å². The SMILES string of the molecule is Nc1cc[nH]c(=O)c1N=Nc1ccc[nH]c1=O. The molecule has 2 heterocycles. The van der Waals surface area contributed by atoms with Gasteiger partial charge < -0.3 is 15.7 Å². The highest BCUT2D eigenvalue weighted by Gasteiger charge is 2.02. The zero-order chi connectivity index (χ0) is 12.3. The van der Waals surface area contributed by atoms with Crippen LogP contribution in [0.5, 0.6) is 0 Å². The number of aromatic amines is 2. The van der Waals surface area contributed by atoms with E-state index in [0.29, 0.717) is 0 Å². The van der Waals surface area contributed by atoms with Crippen molar-refractivity contribution in [2.45, 2.75) is 0 Å². The van der Waals surface area contributed by atoms with Crippen molar-refractivity contribution in [2.24, 2.45) is 10.2 Å². The smallest absolute Gasteiger partial charge is 0.277 e. The van der Waals surface area contributed by atoms with Crippen molar-refractivity contribution >= 4 is 17.1 Å². The van der Waals surface area contributed by atoms with Crippen LogP contribution in [-0.2, 0) is 0 Å². The summed E-state index contributed by atoms with van der Waals surface area (Å²) < 4.78 is 0. The average molecular weight is 231 g/mol. The van der Waals surface area contributed by atoms with E-state index in [4.69, 9.17) is 5.73 Å². The molecule has 0 spiro atoms. The van der Waals surface area contributed by atoms with Gasteiger partial charge in [-0.3, -0.25) is 9.59 Å². The number of nitrogens with one attached hydrogen (secondary N) is 2. The molecule has 0 saturated heterocycles. The maximum Gasteiger partial charge on any atom is 0.277 e. The third kappa shape index (κ3) is 2.28. The summed E-state index contributed by atoms with van der Waals surface area (Å²) in [6, 6.07) is 4.58. The number of nitrogens with zero attached hydrogens (tertiary/aromatic N) is 2. The van der Waals surface area contributed by atoms with E-state index in [-0.39, 0.29) is 22.6 Å². The molecule has 0 radical (unpaired) electrons. The molecule has 86 valence electrons. The van der Waals surface area contributed by atoms with Crippen LogP contribution in [0.4, 0.5) is 17.1 Å². The number of azo groups is 1. The van der Waals surface area contributed by atoms with Gasteiger partial charge in [-0.05, 0) is 18.2 Å². The number of aromatic nitrogens is 2. The summed E-state index contributed by atoms with van der Waals surface area (Å²) in [4.78, 5) is 27.5. The van der Waals surface area contributed by atoms with Gasteiger partial charge in [0.05, 0.1) is 5.69 Å². The van der Waals surface area contributed by atoms with Crippen LogP contribution < -0.4 is 16.9 Å². The molecule has 0 aliphatic rings. The fraction of sp³-hybridized carbons (Fsp3) is 0. The number of nitrogen functional groups attached to an aromatic ring is 1. The minimum absolute atomic E-state index is 0.0178. The Hall–Kier alpha value is -2.70. The molecule has 4 N–H and O–H groups in total. The highest BCUT2D eigenvalue weighted by molar-refractivity contribution is 5.59.